The van der Waals surface area contributed by atoms with E-state index in [4.69, 9.17) is 9.16 Å². The van der Waals surface area contributed by atoms with Crippen molar-refractivity contribution in [2.45, 2.75) is 96.0 Å². The molecule has 5 nitrogen and oxygen atoms in total. The number of esters is 1. The predicted molar refractivity (Wildman–Crippen MR) is 132 cm³/mol. The van der Waals surface area contributed by atoms with E-state index in [1.165, 1.54) is 0 Å². The van der Waals surface area contributed by atoms with Crippen LogP contribution in [0.5, 0.6) is 0 Å². The smallest absolute Gasteiger partial charge is 0.335 e. The Bertz CT molecular complexity index is 776. The first-order valence-electron chi connectivity index (χ1n) is 10.8. The second-order valence-electron chi connectivity index (χ2n) is 10.5. The van der Waals surface area contributed by atoms with Gasteiger partial charge in [-0.15, -0.1) is 0 Å². The van der Waals surface area contributed by atoms with Crippen molar-refractivity contribution in [1.82, 2.24) is 4.72 Å². The van der Waals surface area contributed by atoms with Crippen LogP contribution in [0.3, 0.4) is 0 Å². The Morgan fingerprint density at radius 2 is 1.68 bits per heavy atom. The summed E-state index contributed by atoms with van der Waals surface area (Å²) in [5, 5.41) is 0.137. The van der Waals surface area contributed by atoms with Crippen molar-refractivity contribution in [3.63, 3.8) is 0 Å². The number of benzene rings is 1. The van der Waals surface area contributed by atoms with Gasteiger partial charge in [-0.1, -0.05) is 45.0 Å². The highest BCUT2D eigenvalue weighted by molar-refractivity contribution is 7.83. The van der Waals surface area contributed by atoms with Crippen LogP contribution in [-0.2, 0) is 24.9 Å². The molecule has 0 heterocycles. The topological polar surface area (TPSA) is 64.6 Å². The molecule has 2 atom stereocenters. The molecule has 1 rings (SSSR count). The van der Waals surface area contributed by atoms with Crippen LogP contribution in [-0.4, -0.2) is 36.7 Å². The van der Waals surface area contributed by atoms with Crippen LogP contribution >= 0.6 is 0 Å². The molecule has 1 aromatic carbocycles. The van der Waals surface area contributed by atoms with Crippen LogP contribution in [0.4, 0.5) is 0 Å². The Labute approximate surface area is 192 Å². The molecule has 7 heteroatoms. The second kappa shape index (κ2) is 11.0. The maximum Gasteiger partial charge on any atom is 0.335 e. The largest absolute Gasteiger partial charge is 0.457 e. The fraction of sp³-hybridized carbons (Fsp3) is 0.625. The van der Waals surface area contributed by atoms with Gasteiger partial charge in [-0.05, 0) is 70.8 Å². The molecule has 0 aliphatic carbocycles. The molecule has 0 amide bonds. The van der Waals surface area contributed by atoms with Gasteiger partial charge in [0, 0.05) is 12.2 Å². The van der Waals surface area contributed by atoms with Gasteiger partial charge in [-0.3, -0.25) is 0 Å². The standard InChI is InChI=1S/C24H41NO4SSi/c1-18-13-15-20(16-14-18)30(27)25-21(19(2)22(26)29-23(3,4)5)12-11-17-28-31(9,10)24(6,7)8/h13-16,21,25H,2,11-12,17H2,1,3-10H3/t21-,30?/m0/s1. The summed E-state index contributed by atoms with van der Waals surface area (Å²) >= 11 is 0. The minimum absolute atomic E-state index is 0.137. The molecular weight excluding hydrogens is 426 g/mol. The number of hydrogen-bond acceptors (Lipinski definition) is 4. The van der Waals surface area contributed by atoms with Gasteiger partial charge in [0.2, 0.25) is 0 Å². The third-order valence-corrected chi connectivity index (χ3v) is 11.2. The molecule has 0 aliphatic heterocycles. The lowest BCUT2D eigenvalue weighted by atomic mass is 10.0. The molecule has 0 fully saturated rings. The Morgan fingerprint density at radius 1 is 1.13 bits per heavy atom. The number of aryl methyl sites for hydroxylation is 1. The molecule has 1 aromatic rings. The summed E-state index contributed by atoms with van der Waals surface area (Å²) in [7, 11) is -3.31. The van der Waals surface area contributed by atoms with Crippen molar-refractivity contribution in [1.29, 1.82) is 0 Å². The van der Waals surface area contributed by atoms with E-state index < -0.39 is 36.9 Å². The Hall–Kier alpha value is -1.28. The first kappa shape index (κ1) is 27.8. The summed E-state index contributed by atoms with van der Waals surface area (Å²) in [6.45, 7) is 23.0. The number of nitrogens with one attached hydrogen (secondary N) is 1. The first-order chi connectivity index (χ1) is 14.0. The summed E-state index contributed by atoms with van der Waals surface area (Å²) in [5.74, 6) is -0.476. The maximum absolute atomic E-state index is 12.9. The monoisotopic (exact) mass is 467 g/mol. The number of carbonyl (C=O) groups is 1. The second-order valence-corrected chi connectivity index (χ2v) is 16.6. The molecule has 0 aromatic heterocycles. The van der Waals surface area contributed by atoms with E-state index in [1.807, 2.05) is 52.0 Å². The van der Waals surface area contributed by atoms with E-state index in [9.17, 15) is 9.00 Å². The van der Waals surface area contributed by atoms with Gasteiger partial charge in [0.15, 0.2) is 8.32 Å². The van der Waals surface area contributed by atoms with Crippen molar-refractivity contribution in [2.24, 2.45) is 0 Å². The summed E-state index contributed by atoms with van der Waals surface area (Å²) in [5.41, 5.74) is 0.757. The van der Waals surface area contributed by atoms with E-state index in [0.29, 0.717) is 17.9 Å². The van der Waals surface area contributed by atoms with Gasteiger partial charge in [-0.2, -0.15) is 0 Å². The highest BCUT2D eigenvalue weighted by Gasteiger charge is 2.37. The zero-order valence-electron chi connectivity index (χ0n) is 20.8. The molecule has 0 radical (unpaired) electrons. The molecule has 0 bridgehead atoms. The lowest BCUT2D eigenvalue weighted by Gasteiger charge is -2.36. The quantitative estimate of drug-likeness (QED) is 0.208. The van der Waals surface area contributed by atoms with Gasteiger partial charge in [-0.25, -0.2) is 13.7 Å². The molecule has 0 saturated heterocycles. The SMILES string of the molecule is C=C(C(=O)OC(C)(C)C)[C@H](CCCO[Si](C)(C)C(C)(C)C)NS(=O)c1ccc(C)cc1. The highest BCUT2D eigenvalue weighted by Crippen LogP contribution is 2.36. The summed E-state index contributed by atoms with van der Waals surface area (Å²) < 4.78 is 27.7. The molecule has 0 spiro atoms. The molecule has 1 N–H and O–H groups in total. The lowest BCUT2D eigenvalue weighted by Crippen LogP contribution is -2.41. The summed E-state index contributed by atoms with van der Waals surface area (Å²) in [6, 6.07) is 7.01. The number of rotatable bonds is 10. The van der Waals surface area contributed by atoms with Crippen molar-refractivity contribution in [3.8, 4) is 0 Å². The zero-order valence-corrected chi connectivity index (χ0v) is 22.6. The van der Waals surface area contributed by atoms with E-state index >= 15 is 0 Å². The number of ether oxygens (including phenoxy) is 1. The van der Waals surface area contributed by atoms with E-state index in [1.54, 1.807) is 0 Å². The Morgan fingerprint density at radius 3 is 2.16 bits per heavy atom. The van der Waals surface area contributed by atoms with Gasteiger partial charge in [0.1, 0.15) is 16.6 Å². The van der Waals surface area contributed by atoms with Gasteiger partial charge in [0.25, 0.3) is 0 Å². The molecule has 1 unspecified atom stereocenters. The van der Waals surface area contributed by atoms with Crippen molar-refractivity contribution < 1.29 is 18.2 Å². The van der Waals surface area contributed by atoms with Crippen LogP contribution in [0.15, 0.2) is 41.3 Å². The maximum atomic E-state index is 12.9. The zero-order chi connectivity index (χ0) is 24.0. The van der Waals surface area contributed by atoms with Crippen LogP contribution in [0.2, 0.25) is 18.1 Å². The molecule has 0 aliphatic rings. The minimum Gasteiger partial charge on any atom is -0.457 e. The van der Waals surface area contributed by atoms with Gasteiger partial charge < -0.3 is 9.16 Å². The molecule has 31 heavy (non-hydrogen) atoms. The Balaban J connectivity index is 2.87. The first-order valence-corrected chi connectivity index (χ1v) is 14.9. The highest BCUT2D eigenvalue weighted by atomic mass is 32.2. The molecule has 0 saturated carbocycles. The average molecular weight is 468 g/mol. The van der Waals surface area contributed by atoms with Crippen LogP contribution in [0.1, 0.15) is 59.9 Å². The van der Waals surface area contributed by atoms with Crippen LogP contribution in [0, 0.1) is 6.92 Å². The molecular formula is C24H41NO4SSi. The number of hydrogen-bond donors (Lipinski definition) is 1. The van der Waals surface area contributed by atoms with Gasteiger partial charge in [0.05, 0.1) is 10.9 Å². The Kier molecular flexibility index (Phi) is 9.88. The van der Waals surface area contributed by atoms with Crippen molar-refractivity contribution in [2.75, 3.05) is 6.61 Å². The molecule has 176 valence electrons. The minimum atomic E-state index is -1.84. The average Bonchev–Trinajstić information content (AvgIpc) is 2.61. The fourth-order valence-corrected chi connectivity index (χ4v) is 4.61. The predicted octanol–water partition coefficient (Wildman–Crippen LogP) is 5.68. The number of carbonyl (C=O) groups excluding carboxylic acids is 1. The summed E-state index contributed by atoms with van der Waals surface area (Å²) in [6.07, 6.45) is 1.29. The lowest BCUT2D eigenvalue weighted by molar-refractivity contribution is -0.150. The van der Waals surface area contributed by atoms with Gasteiger partial charge >= 0.3 is 5.97 Å². The van der Waals surface area contributed by atoms with Crippen LogP contribution < -0.4 is 4.72 Å². The fourth-order valence-electron chi connectivity index (χ4n) is 2.48. The van der Waals surface area contributed by atoms with E-state index in [2.05, 4.69) is 45.2 Å². The van der Waals surface area contributed by atoms with E-state index in [0.717, 1.165) is 12.0 Å². The summed E-state index contributed by atoms with van der Waals surface area (Å²) in [4.78, 5) is 13.3. The van der Waals surface area contributed by atoms with Crippen molar-refractivity contribution >= 4 is 25.3 Å². The van der Waals surface area contributed by atoms with Crippen LogP contribution in [0.25, 0.3) is 0 Å². The normalized spacial score (nSPS) is 14.7. The third kappa shape index (κ3) is 9.39. The third-order valence-electron chi connectivity index (χ3n) is 5.47. The van der Waals surface area contributed by atoms with E-state index in [-0.39, 0.29) is 10.6 Å². The van der Waals surface area contributed by atoms with Crippen molar-refractivity contribution in [3.05, 3.63) is 42.0 Å².